The molecule has 0 saturated heterocycles. The zero-order chi connectivity index (χ0) is 18.1. The molecule has 11 heteroatoms. The molecule has 0 aromatic carbocycles. The van der Waals surface area contributed by atoms with E-state index in [1.165, 1.54) is 27.0 Å². The van der Waals surface area contributed by atoms with Crippen LogP contribution in [0.25, 0.3) is 22.6 Å². The molecule has 0 bridgehead atoms. The van der Waals surface area contributed by atoms with Gasteiger partial charge in [0.15, 0.2) is 5.82 Å². The first-order valence-electron chi connectivity index (χ1n) is 7.62. The SMILES string of the molecule is C=CCSc1n[nH]c(-n2ccc3c(cnc4nc(COC)nn43)c2=O)n1. The van der Waals surface area contributed by atoms with Crippen LogP contribution in [0.15, 0.2) is 41.1 Å². The van der Waals surface area contributed by atoms with Crippen molar-refractivity contribution in [1.82, 2.24) is 39.3 Å². The van der Waals surface area contributed by atoms with Crippen molar-refractivity contribution < 1.29 is 4.74 Å². The summed E-state index contributed by atoms with van der Waals surface area (Å²) in [5.41, 5.74) is 0.323. The molecule has 0 radical (unpaired) electrons. The lowest BCUT2D eigenvalue weighted by molar-refractivity contribution is 0.178. The Labute approximate surface area is 150 Å². The van der Waals surface area contributed by atoms with E-state index in [1.807, 2.05) is 0 Å². The molecule has 0 spiro atoms. The molecule has 0 aliphatic heterocycles. The average molecular weight is 370 g/mol. The van der Waals surface area contributed by atoms with E-state index >= 15 is 0 Å². The summed E-state index contributed by atoms with van der Waals surface area (Å²) >= 11 is 1.42. The Balaban J connectivity index is 1.82. The van der Waals surface area contributed by atoms with Crippen LogP contribution in [0, 0.1) is 0 Å². The zero-order valence-electron chi connectivity index (χ0n) is 13.8. The van der Waals surface area contributed by atoms with Crippen molar-refractivity contribution in [3.05, 3.63) is 47.3 Å². The van der Waals surface area contributed by atoms with Crippen molar-refractivity contribution in [2.75, 3.05) is 12.9 Å². The van der Waals surface area contributed by atoms with Gasteiger partial charge in [-0.1, -0.05) is 17.8 Å². The molecule has 0 unspecified atom stereocenters. The van der Waals surface area contributed by atoms with Gasteiger partial charge in [-0.3, -0.25) is 9.36 Å². The van der Waals surface area contributed by atoms with Gasteiger partial charge in [0, 0.05) is 25.3 Å². The number of ether oxygens (including phenoxy) is 1. The second-order valence-electron chi connectivity index (χ2n) is 5.26. The van der Waals surface area contributed by atoms with Gasteiger partial charge in [-0.05, 0) is 6.07 Å². The number of fused-ring (bicyclic) bond motifs is 3. The normalized spacial score (nSPS) is 11.4. The van der Waals surface area contributed by atoms with E-state index < -0.39 is 0 Å². The molecular weight excluding hydrogens is 356 g/mol. The summed E-state index contributed by atoms with van der Waals surface area (Å²) in [5, 5.41) is 12.1. The Hall–Kier alpha value is -3.05. The van der Waals surface area contributed by atoms with Gasteiger partial charge in [0.2, 0.25) is 11.1 Å². The quantitative estimate of drug-likeness (QED) is 0.394. The Bertz CT molecular complexity index is 1160. The number of methoxy groups -OCH3 is 1. The summed E-state index contributed by atoms with van der Waals surface area (Å²) in [7, 11) is 1.56. The largest absolute Gasteiger partial charge is 0.377 e. The lowest BCUT2D eigenvalue weighted by Crippen LogP contribution is -2.20. The lowest BCUT2D eigenvalue weighted by atomic mass is 10.3. The first-order chi connectivity index (χ1) is 12.7. The molecule has 26 heavy (non-hydrogen) atoms. The fourth-order valence-electron chi connectivity index (χ4n) is 2.46. The van der Waals surface area contributed by atoms with E-state index in [4.69, 9.17) is 4.74 Å². The van der Waals surface area contributed by atoms with Crippen molar-refractivity contribution >= 4 is 28.4 Å². The summed E-state index contributed by atoms with van der Waals surface area (Å²) < 4.78 is 7.95. The highest BCUT2D eigenvalue weighted by molar-refractivity contribution is 7.99. The van der Waals surface area contributed by atoms with Gasteiger partial charge >= 0.3 is 0 Å². The van der Waals surface area contributed by atoms with Gasteiger partial charge < -0.3 is 4.74 Å². The number of hydrogen-bond donors (Lipinski definition) is 1. The minimum atomic E-state index is -0.280. The number of aromatic amines is 1. The predicted molar refractivity (Wildman–Crippen MR) is 95.5 cm³/mol. The first-order valence-corrected chi connectivity index (χ1v) is 8.61. The maximum Gasteiger partial charge on any atom is 0.268 e. The molecule has 10 nitrogen and oxygen atoms in total. The molecule has 0 amide bonds. The van der Waals surface area contributed by atoms with Gasteiger partial charge in [-0.25, -0.2) is 10.1 Å². The summed E-state index contributed by atoms with van der Waals surface area (Å²) in [6.45, 7) is 3.93. The van der Waals surface area contributed by atoms with Gasteiger partial charge in [0.25, 0.3) is 11.3 Å². The molecule has 0 aliphatic carbocycles. The van der Waals surface area contributed by atoms with Crippen LogP contribution in [0.4, 0.5) is 0 Å². The Morgan fingerprint density at radius 3 is 3.12 bits per heavy atom. The standard InChI is InChI=1S/C15H14N8O2S/c1-3-6-26-15-18-14(19-20-15)22-5-4-10-9(12(22)24)7-16-13-17-11(8-25-2)21-23(10)13/h3-5,7H,1,6,8H2,2H3,(H,18,19,20). The number of nitrogens with zero attached hydrogens (tertiary/aromatic N) is 7. The van der Waals surface area contributed by atoms with Crippen LogP contribution in [0.5, 0.6) is 0 Å². The van der Waals surface area contributed by atoms with Crippen molar-refractivity contribution in [2.45, 2.75) is 11.8 Å². The Morgan fingerprint density at radius 1 is 1.42 bits per heavy atom. The number of rotatable bonds is 6. The summed E-state index contributed by atoms with van der Waals surface area (Å²) in [6, 6.07) is 1.76. The average Bonchev–Trinajstić information content (AvgIpc) is 3.27. The van der Waals surface area contributed by atoms with Gasteiger partial charge in [0.05, 0.1) is 10.9 Å². The molecule has 0 atom stereocenters. The lowest BCUT2D eigenvalue weighted by Gasteiger charge is -2.04. The molecule has 0 saturated carbocycles. The Morgan fingerprint density at radius 2 is 2.31 bits per heavy atom. The van der Waals surface area contributed by atoms with Crippen LogP contribution in [0.1, 0.15) is 5.82 Å². The van der Waals surface area contributed by atoms with Gasteiger partial charge in [-0.15, -0.1) is 16.8 Å². The fourth-order valence-corrected chi connectivity index (χ4v) is 2.99. The molecular formula is C15H14N8O2S. The van der Waals surface area contributed by atoms with Crippen LogP contribution in [0.2, 0.25) is 0 Å². The molecule has 132 valence electrons. The summed E-state index contributed by atoms with van der Waals surface area (Å²) in [6.07, 6.45) is 4.86. The predicted octanol–water partition coefficient (Wildman–Crippen LogP) is 0.971. The number of thioether (sulfide) groups is 1. The third-order valence-electron chi connectivity index (χ3n) is 3.56. The topological polar surface area (TPSA) is 116 Å². The maximum absolute atomic E-state index is 12.9. The van der Waals surface area contributed by atoms with Gasteiger partial charge in [-0.2, -0.15) is 14.5 Å². The zero-order valence-corrected chi connectivity index (χ0v) is 14.6. The second-order valence-corrected chi connectivity index (χ2v) is 6.25. The minimum absolute atomic E-state index is 0.269. The minimum Gasteiger partial charge on any atom is -0.377 e. The Kier molecular flexibility index (Phi) is 4.22. The van der Waals surface area contributed by atoms with Crippen LogP contribution in [0.3, 0.4) is 0 Å². The monoisotopic (exact) mass is 370 g/mol. The second kappa shape index (κ2) is 6.69. The fraction of sp³-hybridized carbons (Fsp3) is 0.200. The maximum atomic E-state index is 12.9. The van der Waals surface area contributed by atoms with E-state index in [-0.39, 0.29) is 12.2 Å². The van der Waals surface area contributed by atoms with Gasteiger partial charge in [0.1, 0.15) is 6.61 Å². The molecule has 4 aromatic rings. The van der Waals surface area contributed by atoms with Crippen molar-refractivity contribution in [1.29, 1.82) is 0 Å². The van der Waals surface area contributed by atoms with E-state index in [9.17, 15) is 4.79 Å². The van der Waals surface area contributed by atoms with E-state index in [0.717, 1.165) is 0 Å². The molecule has 4 heterocycles. The molecule has 0 fully saturated rings. The van der Waals surface area contributed by atoms with E-state index in [0.29, 0.717) is 39.4 Å². The smallest absolute Gasteiger partial charge is 0.268 e. The van der Waals surface area contributed by atoms with E-state index in [1.54, 1.807) is 25.4 Å². The number of pyridine rings is 1. The first kappa shape index (κ1) is 16.4. The number of nitrogens with one attached hydrogen (secondary N) is 1. The molecule has 4 aromatic heterocycles. The third-order valence-corrected chi connectivity index (χ3v) is 4.41. The van der Waals surface area contributed by atoms with Crippen LogP contribution < -0.4 is 5.56 Å². The highest BCUT2D eigenvalue weighted by atomic mass is 32.2. The number of aromatic nitrogens is 8. The number of H-pyrrole nitrogens is 1. The van der Waals surface area contributed by atoms with Crippen molar-refractivity contribution in [3.8, 4) is 5.95 Å². The highest BCUT2D eigenvalue weighted by Crippen LogP contribution is 2.15. The van der Waals surface area contributed by atoms with Crippen LogP contribution in [-0.2, 0) is 11.3 Å². The molecule has 4 rings (SSSR count). The highest BCUT2D eigenvalue weighted by Gasteiger charge is 2.13. The molecule has 1 N–H and O–H groups in total. The van der Waals surface area contributed by atoms with E-state index in [2.05, 4.69) is 36.8 Å². The third kappa shape index (κ3) is 2.76. The summed E-state index contributed by atoms with van der Waals surface area (Å²) in [5.74, 6) is 1.92. The number of hydrogen-bond acceptors (Lipinski definition) is 8. The molecule has 0 aliphatic rings. The van der Waals surface area contributed by atoms with Crippen LogP contribution >= 0.6 is 11.8 Å². The van der Waals surface area contributed by atoms with Crippen molar-refractivity contribution in [2.24, 2.45) is 0 Å². The van der Waals surface area contributed by atoms with Crippen LogP contribution in [-0.4, -0.2) is 52.2 Å². The summed E-state index contributed by atoms with van der Waals surface area (Å²) in [4.78, 5) is 25.6. The van der Waals surface area contributed by atoms with Crippen molar-refractivity contribution in [3.63, 3.8) is 0 Å².